The summed E-state index contributed by atoms with van der Waals surface area (Å²) in [5.41, 5.74) is 5.91. The van der Waals surface area contributed by atoms with Crippen LogP contribution in [0.1, 0.15) is 26.3 Å². The molecule has 0 radical (unpaired) electrons. The number of nitrogens with one attached hydrogen (secondary N) is 2. The van der Waals surface area contributed by atoms with Gasteiger partial charge in [-0.15, -0.1) is 0 Å². The second-order valence-corrected chi connectivity index (χ2v) is 7.24. The molecule has 0 unspecified atom stereocenters. The fourth-order valence-electron chi connectivity index (χ4n) is 1.89. The first-order valence-corrected chi connectivity index (χ1v) is 8.22. The van der Waals surface area contributed by atoms with Crippen LogP contribution in [0, 0.1) is 5.41 Å². The van der Waals surface area contributed by atoms with Gasteiger partial charge in [-0.3, -0.25) is 4.79 Å². The van der Waals surface area contributed by atoms with Crippen LogP contribution in [0.5, 0.6) is 0 Å². The molecule has 4 N–H and O–H groups in total. The Bertz CT molecular complexity index is 624. The number of hydrogen-bond donors (Lipinski definition) is 3. The molecular weight excluding hydrogens is 290 g/mol. The van der Waals surface area contributed by atoms with Crippen molar-refractivity contribution in [2.24, 2.45) is 5.41 Å². The lowest BCUT2D eigenvalue weighted by atomic mass is 9.93. The summed E-state index contributed by atoms with van der Waals surface area (Å²) in [4.78, 5) is 11.9. The Labute approximate surface area is 126 Å². The molecule has 0 bridgehead atoms. The number of rotatable bonds is 6. The Morgan fingerprint density at radius 1 is 1.33 bits per heavy atom. The standard InChI is InChI=1S/C14H23N3O3S/c1-5-10-6-7-11(15)8-12(10)21(19,20)17-9-14(2,3)13(18)16-4/h6-8,17H,5,9,15H2,1-4H3,(H,16,18). The van der Waals surface area contributed by atoms with Crippen molar-refractivity contribution in [1.82, 2.24) is 10.0 Å². The van der Waals surface area contributed by atoms with Crippen LogP contribution in [0.15, 0.2) is 23.1 Å². The molecule has 0 heterocycles. The second kappa shape index (κ2) is 6.44. The molecule has 0 saturated heterocycles. The lowest BCUT2D eigenvalue weighted by molar-refractivity contribution is -0.128. The lowest BCUT2D eigenvalue weighted by Crippen LogP contribution is -2.43. The maximum Gasteiger partial charge on any atom is 0.240 e. The Morgan fingerprint density at radius 2 is 1.95 bits per heavy atom. The average molecular weight is 313 g/mol. The Balaban J connectivity index is 3.03. The van der Waals surface area contributed by atoms with Crippen molar-refractivity contribution >= 4 is 21.6 Å². The zero-order valence-electron chi connectivity index (χ0n) is 12.9. The highest BCUT2D eigenvalue weighted by molar-refractivity contribution is 7.89. The first-order valence-electron chi connectivity index (χ1n) is 6.74. The molecule has 1 aromatic rings. The minimum absolute atomic E-state index is 0.00690. The minimum Gasteiger partial charge on any atom is -0.399 e. The summed E-state index contributed by atoms with van der Waals surface area (Å²) in [6.45, 7) is 5.23. The van der Waals surface area contributed by atoms with Crippen LogP contribution in [-0.4, -0.2) is 27.9 Å². The number of carbonyl (C=O) groups is 1. The van der Waals surface area contributed by atoms with E-state index in [2.05, 4.69) is 10.0 Å². The fourth-order valence-corrected chi connectivity index (χ4v) is 3.44. The molecule has 118 valence electrons. The van der Waals surface area contributed by atoms with Gasteiger partial charge in [0.1, 0.15) is 0 Å². The highest BCUT2D eigenvalue weighted by atomic mass is 32.2. The smallest absolute Gasteiger partial charge is 0.240 e. The SMILES string of the molecule is CCc1ccc(N)cc1S(=O)(=O)NCC(C)(C)C(=O)NC. The van der Waals surface area contributed by atoms with Crippen LogP contribution < -0.4 is 15.8 Å². The van der Waals surface area contributed by atoms with Crippen molar-refractivity contribution in [2.75, 3.05) is 19.3 Å². The van der Waals surface area contributed by atoms with Crippen LogP contribution in [0.3, 0.4) is 0 Å². The van der Waals surface area contributed by atoms with E-state index in [0.29, 0.717) is 17.7 Å². The molecule has 7 heteroatoms. The molecule has 1 aromatic carbocycles. The predicted octanol–water partition coefficient (Wildman–Crippen LogP) is 0.882. The average Bonchev–Trinajstić information content (AvgIpc) is 2.44. The van der Waals surface area contributed by atoms with E-state index < -0.39 is 15.4 Å². The lowest BCUT2D eigenvalue weighted by Gasteiger charge is -2.23. The third kappa shape index (κ3) is 4.18. The molecular formula is C14H23N3O3S. The number of hydrogen-bond acceptors (Lipinski definition) is 4. The van der Waals surface area contributed by atoms with E-state index in [-0.39, 0.29) is 17.3 Å². The van der Waals surface area contributed by atoms with Crippen molar-refractivity contribution in [3.05, 3.63) is 23.8 Å². The van der Waals surface area contributed by atoms with E-state index >= 15 is 0 Å². The summed E-state index contributed by atoms with van der Waals surface area (Å²) >= 11 is 0. The van der Waals surface area contributed by atoms with Crippen LogP contribution >= 0.6 is 0 Å². The van der Waals surface area contributed by atoms with Crippen molar-refractivity contribution in [3.8, 4) is 0 Å². The van der Waals surface area contributed by atoms with Gasteiger partial charge in [-0.1, -0.05) is 13.0 Å². The van der Waals surface area contributed by atoms with Crippen molar-refractivity contribution in [2.45, 2.75) is 32.1 Å². The summed E-state index contributed by atoms with van der Waals surface area (Å²) < 4.78 is 27.3. The van der Waals surface area contributed by atoms with E-state index in [1.165, 1.54) is 13.1 Å². The van der Waals surface area contributed by atoms with Crippen LogP contribution in [0.4, 0.5) is 5.69 Å². The van der Waals surface area contributed by atoms with Gasteiger partial charge in [0.2, 0.25) is 15.9 Å². The van der Waals surface area contributed by atoms with Gasteiger partial charge in [-0.2, -0.15) is 0 Å². The third-order valence-corrected chi connectivity index (χ3v) is 4.79. The summed E-state index contributed by atoms with van der Waals surface area (Å²) in [6, 6.07) is 4.81. The van der Waals surface area contributed by atoms with Crippen molar-refractivity contribution in [1.29, 1.82) is 0 Å². The third-order valence-electron chi connectivity index (χ3n) is 3.31. The zero-order valence-corrected chi connectivity index (χ0v) is 13.7. The van der Waals surface area contributed by atoms with E-state index in [0.717, 1.165) is 0 Å². The number of amides is 1. The molecule has 1 rings (SSSR count). The second-order valence-electron chi connectivity index (χ2n) is 5.51. The van der Waals surface area contributed by atoms with Gasteiger partial charge in [0.15, 0.2) is 0 Å². The maximum absolute atomic E-state index is 12.4. The highest BCUT2D eigenvalue weighted by Gasteiger charge is 2.29. The van der Waals surface area contributed by atoms with Gasteiger partial charge in [-0.05, 0) is 38.0 Å². The van der Waals surface area contributed by atoms with Crippen LogP contribution in [0.25, 0.3) is 0 Å². The van der Waals surface area contributed by atoms with Gasteiger partial charge >= 0.3 is 0 Å². The Hall–Kier alpha value is -1.60. The first kappa shape index (κ1) is 17.5. The molecule has 0 spiro atoms. The van der Waals surface area contributed by atoms with Crippen LogP contribution in [0.2, 0.25) is 0 Å². The van der Waals surface area contributed by atoms with Gasteiger partial charge < -0.3 is 11.1 Å². The van der Waals surface area contributed by atoms with Crippen molar-refractivity contribution in [3.63, 3.8) is 0 Å². The number of anilines is 1. The quantitative estimate of drug-likeness (QED) is 0.679. The monoisotopic (exact) mass is 313 g/mol. The summed E-state index contributed by atoms with van der Waals surface area (Å²) in [5.74, 6) is -0.228. The van der Waals surface area contributed by atoms with E-state index in [9.17, 15) is 13.2 Å². The molecule has 6 nitrogen and oxygen atoms in total. The maximum atomic E-state index is 12.4. The molecule has 0 aliphatic carbocycles. The van der Waals surface area contributed by atoms with Crippen molar-refractivity contribution < 1.29 is 13.2 Å². The number of aryl methyl sites for hydroxylation is 1. The van der Waals surface area contributed by atoms with Gasteiger partial charge in [0.05, 0.1) is 10.3 Å². The number of sulfonamides is 1. The number of carbonyl (C=O) groups excluding carboxylic acids is 1. The van der Waals surface area contributed by atoms with E-state index in [1.807, 2.05) is 6.92 Å². The molecule has 0 saturated carbocycles. The molecule has 0 aliphatic rings. The summed E-state index contributed by atoms with van der Waals surface area (Å²) in [7, 11) is -2.19. The van der Waals surface area contributed by atoms with Crippen LogP contribution in [-0.2, 0) is 21.2 Å². The fraction of sp³-hybridized carbons (Fsp3) is 0.500. The molecule has 0 atom stereocenters. The van der Waals surface area contributed by atoms with Gasteiger partial charge in [0.25, 0.3) is 0 Å². The molecule has 0 aromatic heterocycles. The molecule has 21 heavy (non-hydrogen) atoms. The molecule has 1 amide bonds. The summed E-state index contributed by atoms with van der Waals surface area (Å²) in [5, 5.41) is 2.52. The highest BCUT2D eigenvalue weighted by Crippen LogP contribution is 2.21. The Kier molecular flexibility index (Phi) is 5.36. The first-order chi connectivity index (χ1) is 9.64. The number of nitrogen functional groups attached to an aromatic ring is 1. The largest absolute Gasteiger partial charge is 0.399 e. The number of nitrogens with two attached hydrogens (primary N) is 1. The summed E-state index contributed by atoms with van der Waals surface area (Å²) in [6.07, 6.45) is 0.579. The normalized spacial score (nSPS) is 12.2. The van der Waals surface area contributed by atoms with Gasteiger partial charge in [-0.25, -0.2) is 13.1 Å². The predicted molar refractivity (Wildman–Crippen MR) is 83.3 cm³/mol. The zero-order chi connectivity index (χ0) is 16.3. The van der Waals surface area contributed by atoms with Gasteiger partial charge in [0, 0.05) is 19.3 Å². The number of benzene rings is 1. The molecule has 0 aliphatic heterocycles. The van der Waals surface area contributed by atoms with E-state index in [1.54, 1.807) is 26.0 Å². The van der Waals surface area contributed by atoms with E-state index in [4.69, 9.17) is 5.73 Å². The Morgan fingerprint density at radius 3 is 2.48 bits per heavy atom. The topological polar surface area (TPSA) is 101 Å². The molecule has 0 fully saturated rings. The minimum atomic E-state index is -3.71.